The van der Waals surface area contributed by atoms with Crippen molar-refractivity contribution in [3.63, 3.8) is 0 Å². The van der Waals surface area contributed by atoms with Crippen LogP contribution in [0.5, 0.6) is 0 Å². The molecule has 0 N–H and O–H groups in total. The zero-order valence-electron chi connectivity index (χ0n) is 3.61. The molecule has 1 saturated carbocycles. The van der Waals surface area contributed by atoms with Gasteiger partial charge in [0.25, 0.3) is 0 Å². The number of rotatable bonds is 0. The van der Waals surface area contributed by atoms with Crippen molar-refractivity contribution in [2.75, 3.05) is 0 Å². The molecule has 0 atom stereocenters. The molecule has 1 nitrogen and oxygen atoms in total. The molecule has 0 heterocycles. The van der Waals surface area contributed by atoms with Crippen molar-refractivity contribution in [3.05, 3.63) is 6.42 Å². The predicted octanol–water partition coefficient (Wildman–Crippen LogP) is 1.25. The van der Waals surface area contributed by atoms with E-state index in [2.05, 4.69) is 6.42 Å². The maximum atomic E-state index is 8.34. The fourth-order valence-corrected chi connectivity index (χ4v) is 0.204. The van der Waals surface area contributed by atoms with Crippen molar-refractivity contribution in [2.45, 2.75) is 19.3 Å². The van der Waals surface area contributed by atoms with E-state index in [0.29, 0.717) is 24.7 Å². The SMILES string of the molecule is [CH-]1CCC1.[O]=[Zr]. The molecule has 0 aromatic heterocycles. The number of hydrogen-bond acceptors (Lipinski definition) is 1. The molecule has 6 heavy (non-hydrogen) atoms. The first-order chi connectivity index (χ1) is 3.00. The molecule has 0 spiro atoms. The van der Waals surface area contributed by atoms with Crippen LogP contribution in [0.15, 0.2) is 0 Å². The molecule has 0 radical (unpaired) electrons. The molecule has 1 aliphatic carbocycles. The van der Waals surface area contributed by atoms with Crippen LogP contribution in [0.4, 0.5) is 0 Å². The van der Waals surface area contributed by atoms with Gasteiger partial charge in [-0.3, -0.25) is 0 Å². The Morgan fingerprint density at radius 1 is 1.33 bits per heavy atom. The van der Waals surface area contributed by atoms with Gasteiger partial charge in [-0.15, -0.1) is 6.42 Å². The number of hydrogen-bond donors (Lipinski definition) is 0. The molecule has 0 saturated heterocycles. The molecule has 1 aliphatic rings. The third-order valence-corrected chi connectivity index (χ3v) is 0.816. The summed E-state index contributed by atoms with van der Waals surface area (Å²) in [5.74, 6) is 0. The zero-order chi connectivity index (χ0) is 4.83. The van der Waals surface area contributed by atoms with Gasteiger partial charge in [-0.05, 0) is 0 Å². The quantitative estimate of drug-likeness (QED) is 0.490. The first-order valence-corrected chi connectivity index (χ1v) is 3.02. The van der Waals surface area contributed by atoms with Crippen molar-refractivity contribution < 1.29 is 27.5 Å². The van der Waals surface area contributed by atoms with Gasteiger partial charge in [0.05, 0.1) is 0 Å². The average Bonchev–Trinajstić information content (AvgIpc) is 1.36. The van der Waals surface area contributed by atoms with Gasteiger partial charge in [0.2, 0.25) is 0 Å². The van der Waals surface area contributed by atoms with E-state index in [1.165, 1.54) is 19.3 Å². The minimum atomic E-state index is 0.300. The first-order valence-electron chi connectivity index (χ1n) is 2.02. The molecule has 34 valence electrons. The fourth-order valence-electron chi connectivity index (χ4n) is 0.204. The van der Waals surface area contributed by atoms with Gasteiger partial charge in [0.15, 0.2) is 0 Å². The summed E-state index contributed by atoms with van der Waals surface area (Å²) in [6.07, 6.45) is 6.50. The molecule has 2 heteroatoms. The van der Waals surface area contributed by atoms with Crippen molar-refractivity contribution in [1.82, 2.24) is 0 Å². The van der Waals surface area contributed by atoms with Gasteiger partial charge < -0.3 is 6.42 Å². The van der Waals surface area contributed by atoms with Crippen LogP contribution in [0.1, 0.15) is 19.3 Å². The second kappa shape index (κ2) is 5.68. The molecule has 0 aliphatic heterocycles. The fraction of sp³-hybridized carbons (Fsp3) is 0.750. The third-order valence-electron chi connectivity index (χ3n) is 0.816. The van der Waals surface area contributed by atoms with Gasteiger partial charge in [-0.25, -0.2) is 0 Å². The van der Waals surface area contributed by atoms with Crippen LogP contribution < -0.4 is 0 Å². The van der Waals surface area contributed by atoms with E-state index in [1.54, 1.807) is 0 Å². The Morgan fingerprint density at radius 3 is 1.50 bits per heavy atom. The Morgan fingerprint density at radius 2 is 1.50 bits per heavy atom. The molecular formula is C4H7OZr-. The summed E-state index contributed by atoms with van der Waals surface area (Å²) in [7, 11) is 0. The zero-order valence-corrected chi connectivity index (χ0v) is 6.06. The summed E-state index contributed by atoms with van der Waals surface area (Å²) in [4.78, 5) is 0. The normalized spacial score (nSPS) is 16.5. The monoisotopic (exact) mass is 161 g/mol. The average molecular weight is 162 g/mol. The van der Waals surface area contributed by atoms with Crippen LogP contribution in [0.2, 0.25) is 0 Å². The molecule has 0 unspecified atom stereocenters. The molecule has 0 amide bonds. The van der Waals surface area contributed by atoms with E-state index in [1.807, 2.05) is 0 Å². The van der Waals surface area contributed by atoms with Crippen LogP contribution in [0.3, 0.4) is 0 Å². The summed E-state index contributed by atoms with van der Waals surface area (Å²) in [5.41, 5.74) is 0. The topological polar surface area (TPSA) is 17.1 Å². The summed E-state index contributed by atoms with van der Waals surface area (Å²) >= 11 is 0.300. The van der Waals surface area contributed by atoms with Crippen LogP contribution in [0.25, 0.3) is 0 Å². The molecule has 1 rings (SSSR count). The molecule has 0 bridgehead atoms. The minimum absolute atomic E-state index is 0.300. The predicted molar refractivity (Wildman–Crippen MR) is 18.8 cm³/mol. The summed E-state index contributed by atoms with van der Waals surface area (Å²) in [5, 5.41) is 0. The Labute approximate surface area is 53.4 Å². The van der Waals surface area contributed by atoms with E-state index in [9.17, 15) is 0 Å². The van der Waals surface area contributed by atoms with E-state index in [0.717, 1.165) is 0 Å². The van der Waals surface area contributed by atoms with E-state index in [-0.39, 0.29) is 0 Å². The molecular weight excluding hydrogens is 155 g/mol. The van der Waals surface area contributed by atoms with Crippen molar-refractivity contribution in [1.29, 1.82) is 0 Å². The Balaban J connectivity index is 0.000000112. The van der Waals surface area contributed by atoms with Crippen LogP contribution in [0, 0.1) is 6.42 Å². The second-order valence-corrected chi connectivity index (χ2v) is 1.22. The van der Waals surface area contributed by atoms with E-state index < -0.39 is 0 Å². The van der Waals surface area contributed by atoms with E-state index in [4.69, 9.17) is 2.81 Å². The van der Waals surface area contributed by atoms with Gasteiger partial charge >= 0.3 is 27.5 Å². The summed E-state index contributed by atoms with van der Waals surface area (Å²) < 4.78 is 8.34. The standard InChI is InChI=1S/C4H7.O.Zr/c1-2-4-3-1;;/h1H,2-4H2;;/q-1;;. The third kappa shape index (κ3) is 2.90. The van der Waals surface area contributed by atoms with Crippen LogP contribution in [-0.2, 0) is 27.5 Å². The Kier molecular flexibility index (Phi) is 6.33. The summed E-state index contributed by atoms with van der Waals surface area (Å²) in [6, 6.07) is 0. The molecule has 1 fully saturated rings. The van der Waals surface area contributed by atoms with Gasteiger partial charge in [-0.2, -0.15) is 12.8 Å². The summed E-state index contributed by atoms with van der Waals surface area (Å²) in [6.45, 7) is 0. The van der Waals surface area contributed by atoms with E-state index >= 15 is 0 Å². The molecule has 0 aromatic carbocycles. The molecule has 0 aromatic rings. The second-order valence-electron chi connectivity index (χ2n) is 1.22. The maximum absolute atomic E-state index is 8.34. The Bertz CT molecular complexity index is 22.7. The van der Waals surface area contributed by atoms with Crippen LogP contribution >= 0.6 is 0 Å². The van der Waals surface area contributed by atoms with Gasteiger partial charge in [-0.1, -0.05) is 0 Å². The Hall–Kier alpha value is 0.683. The first kappa shape index (κ1) is 6.68. The van der Waals surface area contributed by atoms with Crippen molar-refractivity contribution in [2.24, 2.45) is 0 Å². The van der Waals surface area contributed by atoms with Crippen molar-refractivity contribution >= 4 is 0 Å². The van der Waals surface area contributed by atoms with Gasteiger partial charge in [0.1, 0.15) is 0 Å². The van der Waals surface area contributed by atoms with Gasteiger partial charge in [0, 0.05) is 0 Å². The van der Waals surface area contributed by atoms with Crippen LogP contribution in [-0.4, -0.2) is 0 Å². The van der Waals surface area contributed by atoms with Crippen molar-refractivity contribution in [3.8, 4) is 0 Å².